The summed E-state index contributed by atoms with van der Waals surface area (Å²) in [6.07, 6.45) is 2.63. The lowest BCUT2D eigenvalue weighted by Gasteiger charge is -2.37. The Morgan fingerprint density at radius 1 is 1.20 bits per heavy atom. The third-order valence-electron chi connectivity index (χ3n) is 5.26. The van der Waals surface area contributed by atoms with E-state index in [9.17, 15) is 0 Å². The molecule has 0 aromatic heterocycles. The molecule has 0 spiro atoms. The van der Waals surface area contributed by atoms with Gasteiger partial charge in [-0.15, -0.1) is 24.0 Å². The van der Waals surface area contributed by atoms with Gasteiger partial charge < -0.3 is 15.5 Å². The molecule has 0 saturated carbocycles. The van der Waals surface area contributed by atoms with Gasteiger partial charge in [-0.1, -0.05) is 6.92 Å². The van der Waals surface area contributed by atoms with Gasteiger partial charge in [0, 0.05) is 50.1 Å². The van der Waals surface area contributed by atoms with Gasteiger partial charge in [0.15, 0.2) is 5.96 Å². The summed E-state index contributed by atoms with van der Waals surface area (Å²) in [4.78, 5) is 9.98. The first-order chi connectivity index (χ1) is 11.6. The molecule has 25 heavy (non-hydrogen) atoms. The minimum absolute atomic E-state index is 0. The average Bonchev–Trinajstić information content (AvgIpc) is 3.04. The van der Waals surface area contributed by atoms with Crippen molar-refractivity contribution in [2.24, 2.45) is 4.99 Å². The van der Waals surface area contributed by atoms with Crippen molar-refractivity contribution in [1.82, 2.24) is 20.4 Å². The highest BCUT2D eigenvalue weighted by molar-refractivity contribution is 14.0. The van der Waals surface area contributed by atoms with E-state index in [1.165, 1.54) is 51.3 Å². The zero-order valence-corrected chi connectivity index (χ0v) is 19.7. The molecule has 0 bridgehead atoms. The van der Waals surface area contributed by atoms with Crippen LogP contribution in [0.3, 0.4) is 0 Å². The van der Waals surface area contributed by atoms with Gasteiger partial charge in [-0.25, -0.2) is 0 Å². The lowest BCUT2D eigenvalue weighted by atomic mass is 10.1. The van der Waals surface area contributed by atoms with Crippen molar-refractivity contribution in [2.75, 3.05) is 58.1 Å². The third-order valence-corrected chi connectivity index (χ3v) is 6.78. The molecule has 0 radical (unpaired) electrons. The molecule has 2 rings (SSSR count). The van der Waals surface area contributed by atoms with E-state index in [4.69, 9.17) is 4.99 Å². The van der Waals surface area contributed by atoms with Crippen molar-refractivity contribution >= 4 is 41.7 Å². The van der Waals surface area contributed by atoms with E-state index in [2.05, 4.69) is 59.9 Å². The molecule has 2 heterocycles. The average molecular weight is 484 g/mol. The number of aliphatic imine (C=N–C) groups is 1. The zero-order chi connectivity index (χ0) is 17.4. The summed E-state index contributed by atoms with van der Waals surface area (Å²) in [5.41, 5.74) is 0. The highest BCUT2D eigenvalue weighted by atomic mass is 127. The van der Waals surface area contributed by atoms with Crippen LogP contribution in [0.15, 0.2) is 4.99 Å². The maximum atomic E-state index is 4.86. The first kappa shape index (κ1) is 23.3. The molecule has 0 aromatic rings. The van der Waals surface area contributed by atoms with E-state index >= 15 is 0 Å². The Morgan fingerprint density at radius 2 is 1.92 bits per heavy atom. The molecule has 2 aliphatic rings. The van der Waals surface area contributed by atoms with Crippen molar-refractivity contribution in [1.29, 1.82) is 0 Å². The van der Waals surface area contributed by atoms with Crippen LogP contribution < -0.4 is 10.6 Å². The van der Waals surface area contributed by atoms with Crippen molar-refractivity contribution in [3.8, 4) is 0 Å². The minimum atomic E-state index is 0. The van der Waals surface area contributed by atoms with Gasteiger partial charge in [0.1, 0.15) is 0 Å². The Hall–Kier alpha value is 0.270. The van der Waals surface area contributed by atoms with Gasteiger partial charge in [0.25, 0.3) is 0 Å². The van der Waals surface area contributed by atoms with Crippen LogP contribution in [0.25, 0.3) is 0 Å². The molecular weight excluding hydrogens is 445 g/mol. The van der Waals surface area contributed by atoms with E-state index in [-0.39, 0.29) is 24.0 Å². The Morgan fingerprint density at radius 3 is 2.48 bits per heavy atom. The second-order valence-electron chi connectivity index (χ2n) is 7.30. The Labute approximate surface area is 176 Å². The molecule has 0 aliphatic carbocycles. The van der Waals surface area contributed by atoms with Gasteiger partial charge in [0.2, 0.25) is 0 Å². The van der Waals surface area contributed by atoms with E-state index in [0.717, 1.165) is 25.6 Å². The van der Waals surface area contributed by atoms with Crippen molar-refractivity contribution in [3.05, 3.63) is 0 Å². The molecule has 2 atom stereocenters. The van der Waals surface area contributed by atoms with Crippen molar-refractivity contribution in [3.63, 3.8) is 0 Å². The number of guanidine groups is 1. The molecule has 2 N–H and O–H groups in total. The Balaban J connectivity index is 0.00000312. The van der Waals surface area contributed by atoms with Crippen LogP contribution in [0, 0.1) is 0 Å². The topological polar surface area (TPSA) is 42.9 Å². The molecule has 2 unspecified atom stereocenters. The largest absolute Gasteiger partial charge is 0.357 e. The number of halogens is 1. The standard InChI is InChI=1S/C18H37N5S.HI/c1-5-19-17(21-15-18(4)8-7-13-24-18)20-14-16(3)23-11-9-22(6-2)10-12-23;/h16H,5-15H2,1-4H3,(H2,19,20,21);1H. The summed E-state index contributed by atoms with van der Waals surface area (Å²) in [5.74, 6) is 2.27. The van der Waals surface area contributed by atoms with Gasteiger partial charge in [-0.2, -0.15) is 11.8 Å². The fourth-order valence-corrected chi connectivity index (χ4v) is 4.67. The lowest BCUT2D eigenvalue weighted by Crippen LogP contribution is -2.53. The third kappa shape index (κ3) is 7.81. The summed E-state index contributed by atoms with van der Waals surface area (Å²) in [6, 6.07) is 0.546. The monoisotopic (exact) mass is 483 g/mol. The highest BCUT2D eigenvalue weighted by Gasteiger charge is 2.29. The number of thioether (sulfide) groups is 1. The first-order valence-electron chi connectivity index (χ1n) is 9.69. The molecule has 7 heteroatoms. The van der Waals surface area contributed by atoms with Gasteiger partial charge in [-0.3, -0.25) is 9.89 Å². The van der Waals surface area contributed by atoms with E-state index < -0.39 is 0 Å². The quantitative estimate of drug-likeness (QED) is 0.331. The van der Waals surface area contributed by atoms with Crippen molar-refractivity contribution < 1.29 is 0 Å². The Kier molecular flexibility index (Phi) is 11.1. The number of nitrogens with one attached hydrogen (secondary N) is 2. The van der Waals surface area contributed by atoms with E-state index in [1.807, 2.05) is 0 Å². The van der Waals surface area contributed by atoms with Crippen molar-refractivity contribution in [2.45, 2.75) is 51.3 Å². The summed E-state index contributed by atoms with van der Waals surface area (Å²) in [7, 11) is 0. The number of likely N-dealkylation sites (N-methyl/N-ethyl adjacent to an activating group) is 1. The fourth-order valence-electron chi connectivity index (χ4n) is 3.44. The highest BCUT2D eigenvalue weighted by Crippen LogP contribution is 2.37. The van der Waals surface area contributed by atoms with Crippen LogP contribution in [0.4, 0.5) is 0 Å². The van der Waals surface area contributed by atoms with Gasteiger partial charge >= 0.3 is 0 Å². The Bertz CT molecular complexity index is 393. The molecule has 2 saturated heterocycles. The number of hydrogen-bond donors (Lipinski definition) is 2. The SMILES string of the molecule is CCNC(=NCC1(C)CCCS1)NCC(C)N1CCN(CC)CC1.I. The van der Waals surface area contributed by atoms with Crippen LogP contribution in [0.2, 0.25) is 0 Å². The molecule has 5 nitrogen and oxygen atoms in total. The number of piperazine rings is 1. The molecule has 148 valence electrons. The van der Waals surface area contributed by atoms with E-state index in [0.29, 0.717) is 10.8 Å². The number of rotatable bonds is 7. The van der Waals surface area contributed by atoms with Crippen LogP contribution >= 0.6 is 35.7 Å². The maximum Gasteiger partial charge on any atom is 0.191 e. The van der Waals surface area contributed by atoms with Crippen LogP contribution in [-0.4, -0.2) is 84.7 Å². The summed E-state index contributed by atoms with van der Waals surface area (Å²) < 4.78 is 0.338. The smallest absolute Gasteiger partial charge is 0.191 e. The van der Waals surface area contributed by atoms with Crippen LogP contribution in [0.1, 0.15) is 40.5 Å². The molecule has 0 aromatic carbocycles. The van der Waals surface area contributed by atoms with Gasteiger partial charge in [-0.05, 0) is 45.9 Å². The normalized spacial score (nSPS) is 27.0. The number of hydrogen-bond acceptors (Lipinski definition) is 4. The zero-order valence-electron chi connectivity index (χ0n) is 16.5. The number of nitrogens with zero attached hydrogens (tertiary/aromatic N) is 3. The summed E-state index contributed by atoms with van der Waals surface area (Å²) in [6.45, 7) is 17.8. The fraction of sp³-hybridized carbons (Fsp3) is 0.944. The molecule has 2 aliphatic heterocycles. The van der Waals surface area contributed by atoms with Crippen LogP contribution in [0.5, 0.6) is 0 Å². The minimum Gasteiger partial charge on any atom is -0.357 e. The predicted octanol–water partition coefficient (Wildman–Crippen LogP) is 2.47. The first-order valence-corrected chi connectivity index (χ1v) is 10.7. The summed E-state index contributed by atoms with van der Waals surface area (Å²) >= 11 is 2.08. The molecule has 2 fully saturated rings. The second kappa shape index (κ2) is 11.9. The molecular formula is C18H38IN5S. The molecule has 0 amide bonds. The van der Waals surface area contributed by atoms with Crippen LogP contribution in [-0.2, 0) is 0 Å². The maximum absolute atomic E-state index is 4.86. The predicted molar refractivity (Wildman–Crippen MR) is 123 cm³/mol. The second-order valence-corrected chi connectivity index (χ2v) is 8.98. The van der Waals surface area contributed by atoms with Gasteiger partial charge in [0.05, 0.1) is 6.54 Å². The van der Waals surface area contributed by atoms with E-state index in [1.54, 1.807) is 0 Å². The lowest BCUT2D eigenvalue weighted by molar-refractivity contribution is 0.107. The summed E-state index contributed by atoms with van der Waals surface area (Å²) in [5, 5.41) is 6.96.